The Balaban J connectivity index is 2.12. The van der Waals surface area contributed by atoms with Crippen molar-refractivity contribution in [2.75, 3.05) is 11.9 Å². The summed E-state index contributed by atoms with van der Waals surface area (Å²) in [6.07, 6.45) is 5.29. The predicted molar refractivity (Wildman–Crippen MR) is 77.8 cm³/mol. The van der Waals surface area contributed by atoms with Crippen molar-refractivity contribution in [3.8, 4) is 5.75 Å². The molecule has 116 valence electrons. The van der Waals surface area contributed by atoms with E-state index >= 15 is 0 Å². The van der Waals surface area contributed by atoms with Crippen LogP contribution in [0.3, 0.4) is 0 Å². The van der Waals surface area contributed by atoms with Gasteiger partial charge in [-0.2, -0.15) is 4.39 Å². The van der Waals surface area contributed by atoms with Gasteiger partial charge in [0, 0.05) is 16.8 Å². The number of hydrogen-bond acceptors (Lipinski definition) is 3. The molecular weight excluding hydrogens is 348 g/mol. The van der Waals surface area contributed by atoms with Crippen molar-refractivity contribution in [1.82, 2.24) is 0 Å². The molecule has 0 bridgehead atoms. The van der Waals surface area contributed by atoms with E-state index < -0.39 is 22.2 Å². The van der Waals surface area contributed by atoms with Gasteiger partial charge in [-0.3, -0.25) is 10.1 Å². The Hall–Kier alpha value is -1.24. The van der Waals surface area contributed by atoms with E-state index in [0.717, 1.165) is 37.1 Å². The number of ether oxygens (including phenoxy) is 1. The number of nitro groups is 1. The molecule has 0 unspecified atom stereocenters. The highest BCUT2D eigenvalue weighted by atomic mass is 79.9. The molecule has 4 nitrogen and oxygen atoms in total. The maximum atomic E-state index is 13.8. The van der Waals surface area contributed by atoms with E-state index in [0.29, 0.717) is 6.07 Å². The first-order valence-corrected chi connectivity index (χ1v) is 7.92. The molecule has 1 aliphatic rings. The van der Waals surface area contributed by atoms with Crippen LogP contribution in [-0.2, 0) is 0 Å². The van der Waals surface area contributed by atoms with Crippen LogP contribution in [0.1, 0.15) is 32.1 Å². The predicted octanol–water partition coefficient (Wildman–Crippen LogP) is 4.60. The fourth-order valence-electron chi connectivity index (χ4n) is 2.62. The van der Waals surface area contributed by atoms with Gasteiger partial charge in [0.2, 0.25) is 5.82 Å². The highest BCUT2D eigenvalue weighted by Crippen LogP contribution is 2.39. The molecule has 0 atom stereocenters. The number of nitro benzene ring substituents is 1. The van der Waals surface area contributed by atoms with Crippen molar-refractivity contribution < 1.29 is 18.4 Å². The lowest BCUT2D eigenvalue weighted by atomic mass is 9.76. The average molecular weight is 364 g/mol. The average Bonchev–Trinajstić information content (AvgIpc) is 2.48. The van der Waals surface area contributed by atoms with E-state index in [1.807, 2.05) is 0 Å². The quantitative estimate of drug-likeness (QED) is 0.436. The maximum absolute atomic E-state index is 13.8. The lowest BCUT2D eigenvalue weighted by molar-refractivity contribution is -0.387. The third kappa shape index (κ3) is 3.70. The van der Waals surface area contributed by atoms with Crippen molar-refractivity contribution >= 4 is 21.6 Å². The fraction of sp³-hybridized carbons (Fsp3) is 0.571. The van der Waals surface area contributed by atoms with Gasteiger partial charge in [0.25, 0.3) is 0 Å². The van der Waals surface area contributed by atoms with Crippen LogP contribution in [0.4, 0.5) is 14.5 Å². The normalized spacial score (nSPS) is 17.5. The van der Waals surface area contributed by atoms with Gasteiger partial charge in [0.05, 0.1) is 17.6 Å². The topological polar surface area (TPSA) is 52.4 Å². The molecule has 0 saturated heterocycles. The molecule has 1 aromatic rings. The van der Waals surface area contributed by atoms with E-state index in [2.05, 4.69) is 15.9 Å². The number of alkyl halides is 1. The van der Waals surface area contributed by atoms with Gasteiger partial charge in [-0.05, 0) is 12.8 Å². The minimum Gasteiger partial charge on any atom is -0.490 e. The Morgan fingerprint density at radius 3 is 2.48 bits per heavy atom. The Kier molecular flexibility index (Phi) is 5.13. The Morgan fingerprint density at radius 1 is 1.24 bits per heavy atom. The second-order valence-corrected chi connectivity index (χ2v) is 6.03. The minimum atomic E-state index is -1.09. The molecule has 21 heavy (non-hydrogen) atoms. The molecule has 1 aliphatic carbocycles. The third-order valence-electron chi connectivity index (χ3n) is 3.93. The van der Waals surface area contributed by atoms with Crippen molar-refractivity contribution in [2.24, 2.45) is 5.41 Å². The van der Waals surface area contributed by atoms with E-state index in [1.54, 1.807) is 0 Å². The molecule has 7 heteroatoms. The lowest BCUT2D eigenvalue weighted by Crippen LogP contribution is -2.32. The summed E-state index contributed by atoms with van der Waals surface area (Å²) in [7, 11) is 0. The largest absolute Gasteiger partial charge is 0.490 e. The summed E-state index contributed by atoms with van der Waals surface area (Å²) in [5.41, 5.74) is -0.962. The summed E-state index contributed by atoms with van der Waals surface area (Å²) in [5, 5.41) is 11.3. The lowest BCUT2D eigenvalue weighted by Gasteiger charge is -2.35. The van der Waals surface area contributed by atoms with Crippen molar-refractivity contribution in [3.63, 3.8) is 0 Å². The van der Waals surface area contributed by atoms with Crippen LogP contribution in [0.5, 0.6) is 5.75 Å². The van der Waals surface area contributed by atoms with E-state index in [4.69, 9.17) is 4.74 Å². The van der Waals surface area contributed by atoms with Gasteiger partial charge >= 0.3 is 5.69 Å². The first-order chi connectivity index (χ1) is 9.97. The summed E-state index contributed by atoms with van der Waals surface area (Å²) in [5.74, 6) is -2.28. The van der Waals surface area contributed by atoms with Crippen molar-refractivity contribution in [1.29, 1.82) is 0 Å². The van der Waals surface area contributed by atoms with Crippen LogP contribution in [0, 0.1) is 27.2 Å². The van der Waals surface area contributed by atoms with Crippen LogP contribution < -0.4 is 4.74 Å². The number of halogens is 3. The zero-order chi connectivity index (χ0) is 15.5. The smallest absolute Gasteiger partial charge is 0.307 e. The van der Waals surface area contributed by atoms with Crippen molar-refractivity contribution in [3.05, 3.63) is 33.9 Å². The summed E-state index contributed by atoms with van der Waals surface area (Å²) < 4.78 is 32.7. The first-order valence-electron chi connectivity index (χ1n) is 6.80. The molecule has 1 aromatic carbocycles. The van der Waals surface area contributed by atoms with Gasteiger partial charge in [0.15, 0.2) is 11.6 Å². The Labute approximate surface area is 129 Å². The molecule has 1 saturated carbocycles. The number of nitrogens with zero attached hydrogens (tertiary/aromatic N) is 1. The summed E-state index contributed by atoms with van der Waals surface area (Å²) in [4.78, 5) is 9.58. The molecule has 0 N–H and O–H groups in total. The molecular formula is C14H16BrF2NO3. The van der Waals surface area contributed by atoms with E-state index in [-0.39, 0.29) is 17.8 Å². The van der Waals surface area contributed by atoms with Gasteiger partial charge < -0.3 is 4.74 Å². The standard InChI is InChI=1S/C14H16BrF2NO3/c15-8-14(4-2-1-3-5-14)9-21-13-7-10(16)12(18(19)20)6-11(13)17/h6-7H,1-5,8-9H2. The summed E-state index contributed by atoms with van der Waals surface area (Å²) >= 11 is 3.47. The number of rotatable bonds is 5. The number of hydrogen-bond donors (Lipinski definition) is 0. The molecule has 0 aliphatic heterocycles. The molecule has 1 fully saturated rings. The summed E-state index contributed by atoms with van der Waals surface area (Å²) in [6.45, 7) is 0.270. The zero-order valence-corrected chi connectivity index (χ0v) is 13.0. The molecule has 0 amide bonds. The SMILES string of the molecule is O=[N+]([O-])c1cc(F)c(OCC2(CBr)CCCCC2)cc1F. The molecule has 0 radical (unpaired) electrons. The molecule has 0 heterocycles. The molecule has 0 aromatic heterocycles. The van der Waals surface area contributed by atoms with Crippen LogP contribution in [0.25, 0.3) is 0 Å². The Morgan fingerprint density at radius 2 is 1.90 bits per heavy atom. The van der Waals surface area contributed by atoms with Crippen LogP contribution in [0.2, 0.25) is 0 Å². The second-order valence-electron chi connectivity index (χ2n) is 5.47. The minimum absolute atomic E-state index is 0.0804. The summed E-state index contributed by atoms with van der Waals surface area (Å²) in [6, 6.07) is 1.31. The van der Waals surface area contributed by atoms with Crippen LogP contribution in [0.15, 0.2) is 12.1 Å². The van der Waals surface area contributed by atoms with Gasteiger partial charge in [0.1, 0.15) is 0 Å². The highest BCUT2D eigenvalue weighted by Gasteiger charge is 2.32. The van der Waals surface area contributed by atoms with Gasteiger partial charge in [-0.1, -0.05) is 35.2 Å². The fourth-order valence-corrected chi connectivity index (χ4v) is 3.34. The molecule has 0 spiro atoms. The molecule has 2 rings (SSSR count). The number of benzene rings is 1. The van der Waals surface area contributed by atoms with E-state index in [1.165, 1.54) is 6.42 Å². The first kappa shape index (κ1) is 16.1. The van der Waals surface area contributed by atoms with Gasteiger partial charge in [-0.25, -0.2) is 4.39 Å². The van der Waals surface area contributed by atoms with Crippen LogP contribution in [-0.4, -0.2) is 16.9 Å². The van der Waals surface area contributed by atoms with Crippen LogP contribution >= 0.6 is 15.9 Å². The monoisotopic (exact) mass is 363 g/mol. The van der Waals surface area contributed by atoms with Gasteiger partial charge in [-0.15, -0.1) is 0 Å². The zero-order valence-electron chi connectivity index (χ0n) is 11.4. The van der Waals surface area contributed by atoms with Crippen molar-refractivity contribution in [2.45, 2.75) is 32.1 Å². The maximum Gasteiger partial charge on any atom is 0.307 e. The third-order valence-corrected chi connectivity index (χ3v) is 5.12. The van der Waals surface area contributed by atoms with E-state index in [9.17, 15) is 18.9 Å². The second kappa shape index (κ2) is 6.68. The Bertz CT molecular complexity index is 533. The highest BCUT2D eigenvalue weighted by molar-refractivity contribution is 9.09.